The first kappa shape index (κ1) is 14.4. The molecule has 0 spiro atoms. The Hall–Kier alpha value is -0.680. The minimum atomic E-state index is -4.17. The lowest BCUT2D eigenvalue weighted by Gasteiger charge is -2.19. The van der Waals surface area contributed by atoms with Gasteiger partial charge < -0.3 is 4.90 Å². The summed E-state index contributed by atoms with van der Waals surface area (Å²) >= 11 is 11.4. The van der Waals surface area contributed by atoms with Gasteiger partial charge in [-0.25, -0.2) is 4.98 Å². The van der Waals surface area contributed by atoms with E-state index >= 15 is 0 Å². The van der Waals surface area contributed by atoms with E-state index in [-0.39, 0.29) is 12.4 Å². The zero-order valence-corrected chi connectivity index (χ0v) is 10.6. The summed E-state index contributed by atoms with van der Waals surface area (Å²) in [6.07, 6.45) is -5.06. The second-order valence-electron chi connectivity index (χ2n) is 3.52. The molecule has 0 aromatic carbocycles. The Balaban J connectivity index is 2.72. The number of rotatable bonds is 4. The Morgan fingerprint density at radius 2 is 2.00 bits per heavy atom. The number of hydrogen-bond acceptors (Lipinski definition) is 2. The lowest BCUT2D eigenvalue weighted by Crippen LogP contribution is -2.25. The molecule has 0 aliphatic rings. The maximum Gasteiger partial charge on any atom is 0.390 e. The van der Waals surface area contributed by atoms with Crippen LogP contribution in [0.4, 0.5) is 19.0 Å². The van der Waals surface area contributed by atoms with E-state index in [1.165, 1.54) is 4.90 Å². The van der Waals surface area contributed by atoms with Crippen LogP contribution in [-0.4, -0.2) is 24.8 Å². The number of anilines is 1. The molecular formula is C10H11Cl2F3N2. The normalized spacial score (nSPS) is 11.6. The third-order valence-corrected chi connectivity index (χ3v) is 2.75. The minimum Gasteiger partial charge on any atom is -0.359 e. The first-order chi connectivity index (χ1) is 7.83. The lowest BCUT2D eigenvalue weighted by atomic mass is 10.3. The highest BCUT2D eigenvalue weighted by molar-refractivity contribution is 6.32. The van der Waals surface area contributed by atoms with Gasteiger partial charge in [0.05, 0.1) is 23.0 Å². The van der Waals surface area contributed by atoms with E-state index in [4.69, 9.17) is 23.2 Å². The Morgan fingerprint density at radius 1 is 1.35 bits per heavy atom. The molecule has 0 aliphatic carbocycles. The molecule has 1 aromatic heterocycles. The van der Waals surface area contributed by atoms with Gasteiger partial charge in [0, 0.05) is 13.6 Å². The third-order valence-electron chi connectivity index (χ3n) is 2.15. The average molecular weight is 287 g/mol. The molecule has 0 aliphatic heterocycles. The van der Waals surface area contributed by atoms with Crippen LogP contribution in [0.3, 0.4) is 0 Å². The summed E-state index contributed by atoms with van der Waals surface area (Å²) < 4.78 is 36.2. The van der Waals surface area contributed by atoms with Crippen LogP contribution in [0.25, 0.3) is 0 Å². The molecule has 0 radical (unpaired) electrons. The van der Waals surface area contributed by atoms with Crippen molar-refractivity contribution in [3.63, 3.8) is 0 Å². The van der Waals surface area contributed by atoms with Gasteiger partial charge in [-0.2, -0.15) is 13.2 Å². The molecule has 2 nitrogen and oxygen atoms in total. The van der Waals surface area contributed by atoms with Crippen LogP contribution in [-0.2, 0) is 5.88 Å². The van der Waals surface area contributed by atoms with Crippen molar-refractivity contribution in [2.75, 3.05) is 18.5 Å². The summed E-state index contributed by atoms with van der Waals surface area (Å²) in [7, 11) is 1.54. The first-order valence-electron chi connectivity index (χ1n) is 4.83. The van der Waals surface area contributed by atoms with Gasteiger partial charge in [-0.05, 0) is 12.1 Å². The van der Waals surface area contributed by atoms with Crippen molar-refractivity contribution in [2.45, 2.75) is 18.5 Å². The molecule has 1 heterocycles. The number of nitrogens with zero attached hydrogens (tertiary/aromatic N) is 2. The van der Waals surface area contributed by atoms with E-state index in [0.717, 1.165) is 0 Å². The average Bonchev–Trinajstić information content (AvgIpc) is 2.25. The van der Waals surface area contributed by atoms with Gasteiger partial charge >= 0.3 is 6.18 Å². The zero-order chi connectivity index (χ0) is 13.1. The van der Waals surface area contributed by atoms with Crippen LogP contribution < -0.4 is 4.90 Å². The van der Waals surface area contributed by atoms with Crippen LogP contribution >= 0.6 is 23.2 Å². The second-order valence-corrected chi connectivity index (χ2v) is 4.19. The van der Waals surface area contributed by atoms with E-state index in [1.807, 2.05) is 0 Å². The van der Waals surface area contributed by atoms with Gasteiger partial charge in [0.15, 0.2) is 0 Å². The molecule has 96 valence electrons. The van der Waals surface area contributed by atoms with Crippen molar-refractivity contribution in [3.05, 3.63) is 22.8 Å². The molecule has 0 fully saturated rings. The van der Waals surface area contributed by atoms with Crippen LogP contribution in [0.2, 0.25) is 5.02 Å². The SMILES string of the molecule is CN(CCC(F)(F)F)c1ccc(Cl)c(CCl)n1. The van der Waals surface area contributed by atoms with Crippen molar-refractivity contribution in [2.24, 2.45) is 0 Å². The first-order valence-corrected chi connectivity index (χ1v) is 5.74. The smallest absolute Gasteiger partial charge is 0.359 e. The molecule has 0 atom stereocenters. The van der Waals surface area contributed by atoms with Crippen LogP contribution in [0.5, 0.6) is 0 Å². The highest BCUT2D eigenvalue weighted by Crippen LogP contribution is 2.23. The Bertz CT molecular complexity index is 382. The second kappa shape index (κ2) is 5.78. The molecule has 0 saturated heterocycles. The molecule has 0 N–H and O–H groups in total. The molecule has 17 heavy (non-hydrogen) atoms. The lowest BCUT2D eigenvalue weighted by molar-refractivity contribution is -0.132. The molecule has 1 rings (SSSR count). The molecule has 0 saturated carbocycles. The summed E-state index contributed by atoms with van der Waals surface area (Å²) in [5.41, 5.74) is 0.463. The number of pyridine rings is 1. The fraction of sp³-hybridized carbons (Fsp3) is 0.500. The van der Waals surface area contributed by atoms with Crippen LogP contribution in [0.1, 0.15) is 12.1 Å². The zero-order valence-electron chi connectivity index (χ0n) is 9.06. The van der Waals surface area contributed by atoms with Gasteiger partial charge in [0.2, 0.25) is 0 Å². The fourth-order valence-corrected chi connectivity index (χ4v) is 1.63. The van der Waals surface area contributed by atoms with Gasteiger partial charge in [0.25, 0.3) is 0 Å². The summed E-state index contributed by atoms with van der Waals surface area (Å²) in [6.45, 7) is -0.153. The monoisotopic (exact) mass is 286 g/mol. The Kier molecular flexibility index (Phi) is 4.89. The van der Waals surface area contributed by atoms with E-state index in [1.54, 1.807) is 19.2 Å². The summed E-state index contributed by atoms with van der Waals surface area (Å²) in [6, 6.07) is 3.14. The molecule has 1 aromatic rings. The predicted octanol–water partition coefficient (Wildman–Crippen LogP) is 3.86. The van der Waals surface area contributed by atoms with Crippen molar-refractivity contribution in [3.8, 4) is 0 Å². The van der Waals surface area contributed by atoms with Crippen molar-refractivity contribution in [1.29, 1.82) is 0 Å². The maximum atomic E-state index is 12.1. The maximum absolute atomic E-state index is 12.1. The van der Waals surface area contributed by atoms with Gasteiger partial charge in [-0.1, -0.05) is 11.6 Å². The Morgan fingerprint density at radius 3 is 2.53 bits per heavy atom. The van der Waals surface area contributed by atoms with Gasteiger partial charge in [0.1, 0.15) is 5.82 Å². The summed E-state index contributed by atoms with van der Waals surface area (Å²) in [5.74, 6) is 0.550. The topological polar surface area (TPSA) is 16.1 Å². The predicted molar refractivity (Wildman–Crippen MR) is 62.7 cm³/mol. The van der Waals surface area contributed by atoms with Crippen LogP contribution in [0, 0.1) is 0 Å². The van der Waals surface area contributed by atoms with E-state index in [0.29, 0.717) is 16.5 Å². The van der Waals surface area contributed by atoms with Crippen molar-refractivity contribution < 1.29 is 13.2 Å². The van der Waals surface area contributed by atoms with Crippen molar-refractivity contribution >= 4 is 29.0 Å². The minimum absolute atomic E-state index is 0.125. The van der Waals surface area contributed by atoms with Crippen molar-refractivity contribution in [1.82, 2.24) is 4.98 Å². The largest absolute Gasteiger partial charge is 0.390 e. The highest BCUT2D eigenvalue weighted by atomic mass is 35.5. The molecular weight excluding hydrogens is 276 g/mol. The Labute approximate surface area is 107 Å². The van der Waals surface area contributed by atoms with E-state index in [9.17, 15) is 13.2 Å². The van der Waals surface area contributed by atoms with E-state index < -0.39 is 12.6 Å². The van der Waals surface area contributed by atoms with Gasteiger partial charge in [-0.15, -0.1) is 11.6 Å². The molecule has 0 amide bonds. The molecule has 0 bridgehead atoms. The van der Waals surface area contributed by atoms with E-state index in [2.05, 4.69) is 4.98 Å². The standard InChI is InChI=1S/C10H11Cl2F3N2/c1-17(5-4-10(13,14)15)9-3-2-7(12)8(6-11)16-9/h2-3H,4-6H2,1H3. The highest BCUT2D eigenvalue weighted by Gasteiger charge is 2.27. The summed E-state index contributed by atoms with van der Waals surface area (Å²) in [5, 5.41) is 0.410. The summed E-state index contributed by atoms with van der Waals surface area (Å²) in [4.78, 5) is 5.50. The number of halogens is 5. The number of hydrogen-bond donors (Lipinski definition) is 0. The molecule has 0 unspecified atom stereocenters. The van der Waals surface area contributed by atoms with Crippen LogP contribution in [0.15, 0.2) is 12.1 Å². The number of aromatic nitrogens is 1. The molecule has 7 heteroatoms. The quantitative estimate of drug-likeness (QED) is 0.782. The third kappa shape index (κ3) is 4.60. The fourth-order valence-electron chi connectivity index (χ4n) is 1.19. The number of alkyl halides is 4. The van der Waals surface area contributed by atoms with Gasteiger partial charge in [-0.3, -0.25) is 0 Å².